The maximum Gasteiger partial charge on any atom is 0.257 e. The fraction of sp³-hybridized carbons (Fsp3) is 0.167. The first-order valence-corrected chi connectivity index (χ1v) is 5.34. The van der Waals surface area contributed by atoms with E-state index in [0.717, 1.165) is 0 Å². The number of carbonyl (C=O) groups excluding carboxylic acids is 1. The van der Waals surface area contributed by atoms with Gasteiger partial charge in [0.15, 0.2) is 0 Å². The van der Waals surface area contributed by atoms with Crippen LogP contribution >= 0.6 is 0 Å². The monoisotopic (exact) mass is 248 g/mol. The van der Waals surface area contributed by atoms with Crippen molar-refractivity contribution in [3.8, 4) is 0 Å². The summed E-state index contributed by atoms with van der Waals surface area (Å²) in [4.78, 5) is 12.0. The van der Waals surface area contributed by atoms with Crippen LogP contribution < -0.4 is 11.1 Å². The minimum absolute atomic E-state index is 0.109. The van der Waals surface area contributed by atoms with Crippen LogP contribution in [-0.4, -0.2) is 15.7 Å². The van der Waals surface area contributed by atoms with Gasteiger partial charge in [0.25, 0.3) is 5.91 Å². The lowest BCUT2D eigenvalue weighted by atomic mass is 10.1. The van der Waals surface area contributed by atoms with E-state index in [1.807, 2.05) is 0 Å². The van der Waals surface area contributed by atoms with Crippen LogP contribution in [0.5, 0.6) is 0 Å². The van der Waals surface area contributed by atoms with Crippen molar-refractivity contribution in [1.82, 2.24) is 9.78 Å². The first kappa shape index (κ1) is 12.1. The van der Waals surface area contributed by atoms with Gasteiger partial charge in [-0.2, -0.15) is 5.10 Å². The van der Waals surface area contributed by atoms with Gasteiger partial charge in [0.05, 0.1) is 22.6 Å². The van der Waals surface area contributed by atoms with Crippen LogP contribution in [0.2, 0.25) is 0 Å². The summed E-state index contributed by atoms with van der Waals surface area (Å²) in [5.74, 6) is -1.06. The van der Waals surface area contributed by atoms with Crippen molar-refractivity contribution in [2.45, 2.75) is 6.92 Å². The lowest BCUT2D eigenvalue weighted by Gasteiger charge is -2.06. The quantitative estimate of drug-likeness (QED) is 0.794. The minimum atomic E-state index is -0.606. The van der Waals surface area contributed by atoms with Gasteiger partial charge in [-0.25, -0.2) is 4.39 Å². The van der Waals surface area contributed by atoms with Gasteiger partial charge >= 0.3 is 0 Å². The summed E-state index contributed by atoms with van der Waals surface area (Å²) in [7, 11) is 1.75. The molecule has 0 atom stereocenters. The second kappa shape index (κ2) is 4.48. The zero-order chi connectivity index (χ0) is 13.3. The van der Waals surface area contributed by atoms with E-state index in [-0.39, 0.29) is 11.3 Å². The molecule has 94 valence electrons. The molecule has 1 heterocycles. The predicted molar refractivity (Wildman–Crippen MR) is 66.7 cm³/mol. The molecule has 6 heteroatoms. The summed E-state index contributed by atoms with van der Waals surface area (Å²) in [6.07, 6.45) is 1.67. The molecule has 0 bridgehead atoms. The second-order valence-electron chi connectivity index (χ2n) is 3.96. The van der Waals surface area contributed by atoms with Crippen LogP contribution in [0, 0.1) is 12.7 Å². The molecule has 1 amide bonds. The molecule has 0 aliphatic carbocycles. The maximum atomic E-state index is 13.2. The van der Waals surface area contributed by atoms with Crippen molar-refractivity contribution in [2.75, 3.05) is 11.1 Å². The number of carbonyl (C=O) groups is 1. The molecule has 0 aliphatic rings. The number of hydrogen-bond donors (Lipinski definition) is 2. The Labute approximate surface area is 103 Å². The molecule has 2 aromatic rings. The number of aryl methyl sites for hydroxylation is 2. The lowest BCUT2D eigenvalue weighted by molar-refractivity contribution is 0.102. The number of nitrogen functional groups attached to an aromatic ring is 1. The number of nitrogens with two attached hydrogens (primary N) is 1. The third-order valence-electron chi connectivity index (χ3n) is 2.56. The van der Waals surface area contributed by atoms with Gasteiger partial charge in [0, 0.05) is 13.2 Å². The average molecular weight is 248 g/mol. The Kier molecular flexibility index (Phi) is 3.01. The normalized spacial score (nSPS) is 10.4. The van der Waals surface area contributed by atoms with Gasteiger partial charge < -0.3 is 11.1 Å². The molecule has 1 aromatic carbocycles. The minimum Gasteiger partial charge on any atom is -0.396 e. The molecule has 3 N–H and O–H groups in total. The van der Waals surface area contributed by atoms with Gasteiger partial charge in [0.2, 0.25) is 0 Å². The Morgan fingerprint density at radius 1 is 1.50 bits per heavy atom. The number of nitrogens with one attached hydrogen (secondary N) is 1. The van der Waals surface area contributed by atoms with E-state index >= 15 is 0 Å². The first-order valence-electron chi connectivity index (χ1n) is 5.34. The summed E-state index contributed by atoms with van der Waals surface area (Å²) in [6, 6.07) is 4.12. The summed E-state index contributed by atoms with van der Waals surface area (Å²) in [6.45, 7) is 1.77. The van der Waals surface area contributed by atoms with Crippen molar-refractivity contribution in [3.63, 3.8) is 0 Å². The smallest absolute Gasteiger partial charge is 0.257 e. The second-order valence-corrected chi connectivity index (χ2v) is 3.96. The molecule has 1 aromatic heterocycles. The number of hydrogen-bond acceptors (Lipinski definition) is 3. The number of anilines is 2. The number of rotatable bonds is 2. The first-order chi connectivity index (χ1) is 8.49. The highest BCUT2D eigenvalue weighted by atomic mass is 19.1. The molecule has 0 aliphatic heterocycles. The molecule has 5 nitrogen and oxygen atoms in total. The Bertz CT molecular complexity index is 606. The Morgan fingerprint density at radius 3 is 2.83 bits per heavy atom. The van der Waals surface area contributed by atoms with E-state index in [4.69, 9.17) is 5.73 Å². The topological polar surface area (TPSA) is 72.9 Å². The molecule has 0 saturated heterocycles. The fourth-order valence-corrected chi connectivity index (χ4v) is 1.65. The van der Waals surface area contributed by atoms with E-state index in [9.17, 15) is 9.18 Å². The molecular formula is C12H13FN4O. The highest BCUT2D eigenvalue weighted by Gasteiger charge is 2.14. The molecular weight excluding hydrogens is 235 g/mol. The molecule has 0 unspecified atom stereocenters. The van der Waals surface area contributed by atoms with Crippen LogP contribution in [0.3, 0.4) is 0 Å². The van der Waals surface area contributed by atoms with Crippen LogP contribution in [0.1, 0.15) is 16.1 Å². The largest absolute Gasteiger partial charge is 0.396 e. The highest BCUT2D eigenvalue weighted by molar-refractivity contribution is 6.07. The molecule has 0 spiro atoms. The standard InChI is InChI=1S/C12H13FN4O/c1-7-10(6-17(2)16-7)15-12(18)8-4-3-5-9(13)11(8)14/h3-6H,14H2,1-2H3,(H,15,18). The SMILES string of the molecule is Cc1nn(C)cc1NC(=O)c1cccc(F)c1N. The number of nitrogens with zero attached hydrogens (tertiary/aromatic N) is 2. The van der Waals surface area contributed by atoms with Crippen LogP contribution in [0.15, 0.2) is 24.4 Å². The highest BCUT2D eigenvalue weighted by Crippen LogP contribution is 2.18. The van der Waals surface area contributed by atoms with E-state index in [1.54, 1.807) is 24.9 Å². The van der Waals surface area contributed by atoms with Crippen molar-refractivity contribution in [1.29, 1.82) is 0 Å². The van der Waals surface area contributed by atoms with Crippen LogP contribution in [-0.2, 0) is 7.05 Å². The van der Waals surface area contributed by atoms with E-state index in [0.29, 0.717) is 11.4 Å². The molecule has 18 heavy (non-hydrogen) atoms. The molecule has 0 fully saturated rings. The number of amides is 1. The summed E-state index contributed by atoms with van der Waals surface area (Å²) < 4.78 is 14.8. The van der Waals surface area contributed by atoms with Crippen molar-refractivity contribution in [2.24, 2.45) is 7.05 Å². The van der Waals surface area contributed by atoms with Crippen molar-refractivity contribution < 1.29 is 9.18 Å². The van der Waals surface area contributed by atoms with Gasteiger partial charge in [-0.15, -0.1) is 0 Å². The van der Waals surface area contributed by atoms with Crippen molar-refractivity contribution in [3.05, 3.63) is 41.5 Å². The Balaban J connectivity index is 2.27. The van der Waals surface area contributed by atoms with Gasteiger partial charge in [-0.05, 0) is 19.1 Å². The predicted octanol–water partition coefficient (Wildman–Crippen LogP) is 1.70. The lowest BCUT2D eigenvalue weighted by Crippen LogP contribution is -2.15. The average Bonchev–Trinajstić information content (AvgIpc) is 2.61. The maximum absolute atomic E-state index is 13.2. The summed E-state index contributed by atoms with van der Waals surface area (Å²) in [5.41, 5.74) is 6.73. The van der Waals surface area contributed by atoms with E-state index in [1.165, 1.54) is 18.2 Å². The third kappa shape index (κ3) is 2.17. The number of benzene rings is 1. The zero-order valence-corrected chi connectivity index (χ0v) is 10.1. The zero-order valence-electron chi connectivity index (χ0n) is 10.1. The van der Waals surface area contributed by atoms with E-state index in [2.05, 4.69) is 10.4 Å². The van der Waals surface area contributed by atoms with Crippen LogP contribution in [0.4, 0.5) is 15.8 Å². The Hall–Kier alpha value is -2.37. The van der Waals surface area contributed by atoms with Gasteiger partial charge in [0.1, 0.15) is 5.82 Å². The van der Waals surface area contributed by atoms with Crippen molar-refractivity contribution >= 4 is 17.3 Å². The fourth-order valence-electron chi connectivity index (χ4n) is 1.65. The summed E-state index contributed by atoms with van der Waals surface area (Å²) >= 11 is 0. The van der Waals surface area contributed by atoms with Gasteiger partial charge in [-0.3, -0.25) is 9.48 Å². The number of halogens is 1. The van der Waals surface area contributed by atoms with Crippen LogP contribution in [0.25, 0.3) is 0 Å². The molecule has 2 rings (SSSR count). The van der Waals surface area contributed by atoms with E-state index < -0.39 is 11.7 Å². The van der Waals surface area contributed by atoms with Gasteiger partial charge in [-0.1, -0.05) is 6.07 Å². The number of para-hydroxylation sites is 1. The number of aromatic nitrogens is 2. The third-order valence-corrected chi connectivity index (χ3v) is 2.56. The Morgan fingerprint density at radius 2 is 2.22 bits per heavy atom. The molecule has 0 radical (unpaired) electrons. The summed E-state index contributed by atoms with van der Waals surface area (Å²) in [5, 5.41) is 6.74. The molecule has 0 saturated carbocycles.